The van der Waals surface area contributed by atoms with E-state index in [9.17, 15) is 9.59 Å². The predicted octanol–water partition coefficient (Wildman–Crippen LogP) is 1.33. The molecular formula is C9H12O2. The van der Waals surface area contributed by atoms with Crippen molar-refractivity contribution < 1.29 is 9.59 Å². The van der Waals surface area contributed by atoms with Crippen molar-refractivity contribution in [2.45, 2.75) is 32.1 Å². The molecule has 60 valence electrons. The van der Waals surface area contributed by atoms with Crippen LogP contribution in [-0.2, 0) is 9.59 Å². The Labute approximate surface area is 66.0 Å². The summed E-state index contributed by atoms with van der Waals surface area (Å²) in [4.78, 5) is 22.5. The summed E-state index contributed by atoms with van der Waals surface area (Å²) in [5.41, 5.74) is 0. The van der Waals surface area contributed by atoms with Crippen molar-refractivity contribution in [3.05, 3.63) is 0 Å². The first-order valence-electron chi connectivity index (χ1n) is 4.33. The lowest BCUT2D eigenvalue weighted by molar-refractivity contribution is -0.135. The van der Waals surface area contributed by atoms with Gasteiger partial charge in [-0.2, -0.15) is 0 Å². The van der Waals surface area contributed by atoms with Crippen LogP contribution in [0.1, 0.15) is 32.1 Å². The largest absolute Gasteiger partial charge is 0.299 e. The molecule has 2 heteroatoms. The van der Waals surface area contributed by atoms with Crippen LogP contribution in [0.25, 0.3) is 0 Å². The summed E-state index contributed by atoms with van der Waals surface area (Å²) < 4.78 is 0. The van der Waals surface area contributed by atoms with E-state index >= 15 is 0 Å². The number of hydrogen-bond donors (Lipinski definition) is 0. The summed E-state index contributed by atoms with van der Waals surface area (Å²) in [7, 11) is 0. The molecule has 0 aliphatic heterocycles. The fourth-order valence-electron chi connectivity index (χ4n) is 2.18. The Balaban J connectivity index is 2.24. The van der Waals surface area contributed by atoms with Crippen LogP contribution in [0.15, 0.2) is 0 Å². The van der Waals surface area contributed by atoms with Gasteiger partial charge in [0.1, 0.15) is 11.6 Å². The molecule has 0 heterocycles. The van der Waals surface area contributed by atoms with E-state index in [4.69, 9.17) is 0 Å². The zero-order valence-electron chi connectivity index (χ0n) is 6.51. The Morgan fingerprint density at radius 3 is 1.82 bits per heavy atom. The summed E-state index contributed by atoms with van der Waals surface area (Å²) in [5.74, 6) is 0.877. The van der Waals surface area contributed by atoms with Gasteiger partial charge in [0.2, 0.25) is 0 Å². The van der Waals surface area contributed by atoms with Gasteiger partial charge in [-0.05, 0) is 12.8 Å². The topological polar surface area (TPSA) is 34.1 Å². The molecule has 11 heavy (non-hydrogen) atoms. The molecule has 0 aromatic heterocycles. The summed E-state index contributed by atoms with van der Waals surface area (Å²) in [6.07, 6.45) is 4.09. The monoisotopic (exact) mass is 152 g/mol. The maximum absolute atomic E-state index is 11.3. The molecule has 0 unspecified atom stereocenters. The Kier molecular flexibility index (Phi) is 1.55. The van der Waals surface area contributed by atoms with E-state index in [0.717, 1.165) is 19.3 Å². The van der Waals surface area contributed by atoms with Crippen molar-refractivity contribution in [2.24, 2.45) is 11.8 Å². The first-order valence-corrected chi connectivity index (χ1v) is 4.33. The first kappa shape index (κ1) is 7.01. The number of Topliss-reactive ketones (excluding diaryl/α,β-unsaturated/α-hetero) is 2. The fraction of sp³-hybridized carbons (Fsp3) is 0.778. The standard InChI is InChI=1S/C9H12O2/c10-8-5-7-3-1-2-6(8)4-9(7)11/h6-7H,1-5H2/t6-,7-/m1/s1. The molecule has 0 aromatic carbocycles. The molecule has 0 N–H and O–H groups in total. The van der Waals surface area contributed by atoms with Crippen molar-refractivity contribution in [1.82, 2.24) is 0 Å². The molecule has 0 saturated heterocycles. The number of fused-ring (bicyclic) bond motifs is 4. The van der Waals surface area contributed by atoms with Crippen LogP contribution in [0.2, 0.25) is 0 Å². The van der Waals surface area contributed by atoms with Gasteiger partial charge in [-0.15, -0.1) is 0 Å². The van der Waals surface area contributed by atoms with Crippen LogP contribution in [0.5, 0.6) is 0 Å². The maximum atomic E-state index is 11.3. The summed E-state index contributed by atoms with van der Waals surface area (Å²) in [5, 5.41) is 0. The SMILES string of the molecule is O=C1C[C@H]2CCC[C@@H]1CC2=O. The van der Waals surface area contributed by atoms with E-state index in [-0.39, 0.29) is 11.8 Å². The van der Waals surface area contributed by atoms with Crippen LogP contribution in [-0.4, -0.2) is 11.6 Å². The summed E-state index contributed by atoms with van der Waals surface area (Å²) in [6, 6.07) is 0. The summed E-state index contributed by atoms with van der Waals surface area (Å²) >= 11 is 0. The third kappa shape index (κ3) is 1.10. The molecule has 0 radical (unpaired) electrons. The Hall–Kier alpha value is -0.660. The van der Waals surface area contributed by atoms with Crippen LogP contribution >= 0.6 is 0 Å². The molecule has 2 bridgehead atoms. The number of rotatable bonds is 0. The molecule has 3 fully saturated rings. The second-order valence-corrected chi connectivity index (χ2v) is 3.67. The lowest BCUT2D eigenvalue weighted by Crippen LogP contribution is -2.28. The zero-order chi connectivity index (χ0) is 7.84. The Bertz CT molecular complexity index is 186. The van der Waals surface area contributed by atoms with Crippen LogP contribution in [0, 0.1) is 11.8 Å². The lowest BCUT2D eigenvalue weighted by atomic mass is 9.82. The van der Waals surface area contributed by atoms with Crippen molar-refractivity contribution in [2.75, 3.05) is 0 Å². The van der Waals surface area contributed by atoms with Crippen molar-refractivity contribution >= 4 is 11.6 Å². The van der Waals surface area contributed by atoms with Crippen LogP contribution in [0.3, 0.4) is 0 Å². The average molecular weight is 152 g/mol. The van der Waals surface area contributed by atoms with E-state index in [1.807, 2.05) is 0 Å². The molecule has 0 amide bonds. The van der Waals surface area contributed by atoms with Gasteiger partial charge in [0.25, 0.3) is 0 Å². The van der Waals surface area contributed by atoms with Crippen LogP contribution < -0.4 is 0 Å². The van der Waals surface area contributed by atoms with E-state index in [2.05, 4.69) is 0 Å². The van der Waals surface area contributed by atoms with E-state index in [0.29, 0.717) is 24.4 Å². The van der Waals surface area contributed by atoms with Crippen molar-refractivity contribution in [3.63, 3.8) is 0 Å². The highest BCUT2D eigenvalue weighted by molar-refractivity contribution is 5.96. The molecule has 0 spiro atoms. The van der Waals surface area contributed by atoms with Gasteiger partial charge >= 0.3 is 0 Å². The van der Waals surface area contributed by atoms with Gasteiger partial charge in [0, 0.05) is 24.7 Å². The smallest absolute Gasteiger partial charge is 0.137 e. The molecular weight excluding hydrogens is 140 g/mol. The van der Waals surface area contributed by atoms with E-state index in [1.165, 1.54) is 0 Å². The minimum atomic E-state index is 0.0984. The minimum absolute atomic E-state index is 0.0984. The van der Waals surface area contributed by atoms with Gasteiger partial charge in [0.15, 0.2) is 0 Å². The molecule has 3 aliphatic rings. The highest BCUT2D eigenvalue weighted by atomic mass is 16.1. The number of carbonyl (C=O) groups excluding carboxylic acids is 2. The quantitative estimate of drug-likeness (QED) is 0.524. The molecule has 3 rings (SSSR count). The Morgan fingerprint density at radius 1 is 0.909 bits per heavy atom. The lowest BCUT2D eigenvalue weighted by Gasteiger charge is -2.19. The number of ketones is 2. The number of hydrogen-bond acceptors (Lipinski definition) is 2. The fourth-order valence-corrected chi connectivity index (χ4v) is 2.18. The highest BCUT2D eigenvalue weighted by Crippen LogP contribution is 2.34. The van der Waals surface area contributed by atoms with Gasteiger partial charge in [-0.25, -0.2) is 0 Å². The van der Waals surface area contributed by atoms with Gasteiger partial charge in [-0.1, -0.05) is 6.42 Å². The molecule has 3 saturated carbocycles. The first-order chi connectivity index (χ1) is 5.27. The average Bonchev–Trinajstić information content (AvgIpc) is 2.21. The Morgan fingerprint density at radius 2 is 1.36 bits per heavy atom. The van der Waals surface area contributed by atoms with E-state index in [1.54, 1.807) is 0 Å². The molecule has 3 aliphatic carbocycles. The van der Waals surface area contributed by atoms with E-state index < -0.39 is 0 Å². The van der Waals surface area contributed by atoms with Gasteiger partial charge in [0.05, 0.1) is 0 Å². The predicted molar refractivity (Wildman–Crippen MR) is 40.1 cm³/mol. The molecule has 2 atom stereocenters. The minimum Gasteiger partial charge on any atom is -0.299 e. The summed E-state index contributed by atoms with van der Waals surface area (Å²) in [6.45, 7) is 0. The van der Waals surface area contributed by atoms with Gasteiger partial charge in [-0.3, -0.25) is 9.59 Å². The second kappa shape index (κ2) is 2.43. The van der Waals surface area contributed by atoms with Gasteiger partial charge < -0.3 is 0 Å². The molecule has 0 aromatic rings. The normalized spacial score (nSPS) is 37.5. The number of carbonyl (C=O) groups is 2. The maximum Gasteiger partial charge on any atom is 0.137 e. The second-order valence-electron chi connectivity index (χ2n) is 3.67. The van der Waals surface area contributed by atoms with Crippen molar-refractivity contribution in [3.8, 4) is 0 Å². The van der Waals surface area contributed by atoms with Crippen LogP contribution in [0.4, 0.5) is 0 Å². The highest BCUT2D eigenvalue weighted by Gasteiger charge is 2.36. The third-order valence-corrected chi connectivity index (χ3v) is 2.91. The third-order valence-electron chi connectivity index (χ3n) is 2.91. The zero-order valence-corrected chi connectivity index (χ0v) is 6.51. The molecule has 2 nitrogen and oxygen atoms in total. The van der Waals surface area contributed by atoms with Crippen molar-refractivity contribution in [1.29, 1.82) is 0 Å².